The van der Waals surface area contributed by atoms with Crippen LogP contribution in [0, 0.1) is 0 Å². The van der Waals surface area contributed by atoms with E-state index in [0.717, 1.165) is 44.9 Å². The van der Waals surface area contributed by atoms with Crippen molar-refractivity contribution in [2.45, 2.75) is 90.4 Å². The van der Waals surface area contributed by atoms with Gasteiger partial charge in [0.2, 0.25) is 0 Å². The zero-order chi connectivity index (χ0) is 15.8. The largest absolute Gasteiger partial charge is 0.481 e. The average molecular weight is 300 g/mol. The molecule has 0 aliphatic carbocycles. The van der Waals surface area contributed by atoms with Crippen molar-refractivity contribution in [2.75, 3.05) is 6.61 Å². The van der Waals surface area contributed by atoms with Gasteiger partial charge < -0.3 is 9.84 Å². The van der Waals surface area contributed by atoms with Crippen molar-refractivity contribution in [3.05, 3.63) is 0 Å². The number of rotatable bonds is 15. The van der Waals surface area contributed by atoms with Gasteiger partial charge in [0.25, 0.3) is 0 Å². The molecule has 0 aromatic rings. The highest BCUT2D eigenvalue weighted by Gasteiger charge is 2.02. The Hall–Kier alpha value is -1.06. The molecule has 0 radical (unpaired) electrons. The molecule has 0 saturated heterocycles. The first-order valence-corrected chi connectivity index (χ1v) is 8.54. The Morgan fingerprint density at radius 1 is 0.762 bits per heavy atom. The molecule has 0 aromatic heterocycles. The summed E-state index contributed by atoms with van der Waals surface area (Å²) in [6.07, 6.45) is 12.7. The molecule has 0 spiro atoms. The van der Waals surface area contributed by atoms with Crippen molar-refractivity contribution in [3.63, 3.8) is 0 Å². The van der Waals surface area contributed by atoms with Gasteiger partial charge in [-0.05, 0) is 19.3 Å². The fraction of sp³-hybridized carbons (Fsp3) is 0.882. The number of ether oxygens (including phenoxy) is 1. The highest BCUT2D eigenvalue weighted by molar-refractivity contribution is 5.69. The van der Waals surface area contributed by atoms with E-state index < -0.39 is 5.97 Å². The van der Waals surface area contributed by atoms with Gasteiger partial charge in [-0.3, -0.25) is 9.59 Å². The summed E-state index contributed by atoms with van der Waals surface area (Å²) in [5, 5.41) is 8.50. The van der Waals surface area contributed by atoms with Gasteiger partial charge in [-0.15, -0.1) is 0 Å². The standard InChI is InChI=1S/C17H32O4/c1-2-3-15-21-17(20)14-12-10-8-6-4-5-7-9-11-13-16(18)19/h2-15H2,1H3,(H,18,19). The van der Waals surface area contributed by atoms with E-state index in [2.05, 4.69) is 6.92 Å². The van der Waals surface area contributed by atoms with Crippen LogP contribution in [0.4, 0.5) is 0 Å². The van der Waals surface area contributed by atoms with E-state index in [-0.39, 0.29) is 5.97 Å². The van der Waals surface area contributed by atoms with Crippen LogP contribution in [-0.4, -0.2) is 23.7 Å². The van der Waals surface area contributed by atoms with Gasteiger partial charge in [0.1, 0.15) is 0 Å². The molecule has 0 saturated carbocycles. The molecule has 0 heterocycles. The summed E-state index contributed by atoms with van der Waals surface area (Å²) in [6.45, 7) is 2.65. The number of carboxylic acid groups (broad SMARTS) is 1. The summed E-state index contributed by atoms with van der Waals surface area (Å²) in [7, 11) is 0. The maximum atomic E-state index is 11.3. The molecule has 0 atom stereocenters. The Morgan fingerprint density at radius 3 is 1.71 bits per heavy atom. The van der Waals surface area contributed by atoms with Crippen molar-refractivity contribution in [1.82, 2.24) is 0 Å². The van der Waals surface area contributed by atoms with Crippen LogP contribution in [0.2, 0.25) is 0 Å². The molecule has 0 rings (SSSR count). The van der Waals surface area contributed by atoms with Crippen molar-refractivity contribution < 1.29 is 19.4 Å². The number of unbranched alkanes of at least 4 members (excludes halogenated alkanes) is 9. The van der Waals surface area contributed by atoms with Crippen LogP contribution >= 0.6 is 0 Å². The molecule has 0 aromatic carbocycles. The van der Waals surface area contributed by atoms with Gasteiger partial charge >= 0.3 is 11.9 Å². The first-order chi connectivity index (χ1) is 10.2. The molecule has 1 N–H and O–H groups in total. The minimum Gasteiger partial charge on any atom is -0.481 e. The van der Waals surface area contributed by atoms with E-state index in [4.69, 9.17) is 9.84 Å². The highest BCUT2D eigenvalue weighted by Crippen LogP contribution is 2.11. The van der Waals surface area contributed by atoms with E-state index in [1.54, 1.807) is 0 Å². The van der Waals surface area contributed by atoms with Gasteiger partial charge in [0.05, 0.1) is 6.61 Å². The summed E-state index contributed by atoms with van der Waals surface area (Å²) < 4.78 is 5.10. The maximum absolute atomic E-state index is 11.3. The lowest BCUT2D eigenvalue weighted by Gasteiger charge is -2.04. The Kier molecular flexibility index (Phi) is 14.6. The molecule has 0 aliphatic heterocycles. The monoisotopic (exact) mass is 300 g/mol. The van der Waals surface area contributed by atoms with Crippen molar-refractivity contribution >= 4 is 11.9 Å². The Morgan fingerprint density at radius 2 is 1.24 bits per heavy atom. The summed E-state index contributed by atoms with van der Waals surface area (Å²) in [4.78, 5) is 21.7. The number of hydrogen-bond acceptors (Lipinski definition) is 3. The fourth-order valence-electron chi connectivity index (χ4n) is 2.19. The summed E-state index contributed by atoms with van der Waals surface area (Å²) >= 11 is 0. The topological polar surface area (TPSA) is 63.6 Å². The molecule has 4 heteroatoms. The second-order valence-electron chi connectivity index (χ2n) is 5.65. The SMILES string of the molecule is CCCCOC(=O)CCCCCCCCCCCC(=O)O. The normalized spacial score (nSPS) is 10.5. The lowest BCUT2D eigenvalue weighted by molar-refractivity contribution is -0.144. The quantitative estimate of drug-likeness (QED) is 0.351. The van der Waals surface area contributed by atoms with Crippen LogP contribution in [0.15, 0.2) is 0 Å². The minimum atomic E-state index is -0.691. The molecular weight excluding hydrogens is 268 g/mol. The lowest BCUT2D eigenvalue weighted by atomic mass is 10.1. The Bertz CT molecular complexity index is 264. The third kappa shape index (κ3) is 16.9. The molecule has 0 bridgehead atoms. The molecule has 124 valence electrons. The number of aliphatic carboxylic acids is 1. The number of carboxylic acids is 1. The first kappa shape index (κ1) is 19.9. The van der Waals surface area contributed by atoms with Crippen LogP contribution < -0.4 is 0 Å². The third-order valence-corrected chi connectivity index (χ3v) is 3.53. The van der Waals surface area contributed by atoms with Gasteiger partial charge in [-0.1, -0.05) is 58.3 Å². The third-order valence-electron chi connectivity index (χ3n) is 3.53. The smallest absolute Gasteiger partial charge is 0.305 e. The number of hydrogen-bond donors (Lipinski definition) is 1. The molecule has 0 fully saturated rings. The van der Waals surface area contributed by atoms with Crippen LogP contribution in [0.5, 0.6) is 0 Å². The molecule has 4 nitrogen and oxygen atoms in total. The first-order valence-electron chi connectivity index (χ1n) is 8.54. The van der Waals surface area contributed by atoms with Gasteiger partial charge in [0, 0.05) is 12.8 Å². The number of esters is 1. The minimum absolute atomic E-state index is 0.0538. The van der Waals surface area contributed by atoms with Crippen LogP contribution in [0.1, 0.15) is 90.4 Å². The summed E-state index contributed by atoms with van der Waals surface area (Å²) in [5.74, 6) is -0.745. The van der Waals surface area contributed by atoms with Crippen molar-refractivity contribution in [3.8, 4) is 0 Å². The van der Waals surface area contributed by atoms with Gasteiger partial charge in [-0.2, -0.15) is 0 Å². The Labute approximate surface area is 129 Å². The van der Waals surface area contributed by atoms with E-state index in [9.17, 15) is 9.59 Å². The summed E-state index contributed by atoms with van der Waals surface area (Å²) in [5.41, 5.74) is 0. The zero-order valence-corrected chi connectivity index (χ0v) is 13.6. The average Bonchev–Trinajstić information content (AvgIpc) is 2.44. The number of carbonyl (C=O) groups is 2. The van der Waals surface area contributed by atoms with E-state index in [0.29, 0.717) is 19.4 Å². The lowest BCUT2D eigenvalue weighted by Crippen LogP contribution is -2.05. The fourth-order valence-corrected chi connectivity index (χ4v) is 2.19. The highest BCUT2D eigenvalue weighted by atomic mass is 16.5. The van der Waals surface area contributed by atoms with E-state index in [1.807, 2.05) is 0 Å². The Balaban J connectivity index is 3.11. The predicted molar refractivity (Wildman–Crippen MR) is 84.3 cm³/mol. The second-order valence-corrected chi connectivity index (χ2v) is 5.65. The van der Waals surface area contributed by atoms with E-state index >= 15 is 0 Å². The maximum Gasteiger partial charge on any atom is 0.305 e. The molecule has 0 aliphatic rings. The zero-order valence-electron chi connectivity index (χ0n) is 13.6. The van der Waals surface area contributed by atoms with Gasteiger partial charge in [0.15, 0.2) is 0 Å². The molecule has 0 amide bonds. The van der Waals surface area contributed by atoms with Crippen LogP contribution in [0.25, 0.3) is 0 Å². The predicted octanol–water partition coefficient (Wildman–Crippen LogP) is 4.71. The molecule has 0 unspecified atom stereocenters. The second kappa shape index (κ2) is 15.3. The van der Waals surface area contributed by atoms with E-state index in [1.165, 1.54) is 25.7 Å². The van der Waals surface area contributed by atoms with Gasteiger partial charge in [-0.25, -0.2) is 0 Å². The molecular formula is C17H32O4. The number of carbonyl (C=O) groups excluding carboxylic acids is 1. The van der Waals surface area contributed by atoms with Crippen LogP contribution in [0.3, 0.4) is 0 Å². The van der Waals surface area contributed by atoms with Crippen LogP contribution in [-0.2, 0) is 14.3 Å². The molecule has 21 heavy (non-hydrogen) atoms. The van der Waals surface area contributed by atoms with Crippen molar-refractivity contribution in [1.29, 1.82) is 0 Å². The van der Waals surface area contributed by atoms with Crippen molar-refractivity contribution in [2.24, 2.45) is 0 Å². The summed E-state index contributed by atoms with van der Waals surface area (Å²) in [6, 6.07) is 0.